The van der Waals surface area contributed by atoms with Crippen LogP contribution in [0.15, 0.2) is 54.6 Å². The largest absolute Gasteiger partial charge is 0.493 e. The molecular formula is C35H39Cl2N3O8. The molecule has 1 aliphatic heterocycles. The van der Waals surface area contributed by atoms with Gasteiger partial charge in [-0.3, -0.25) is 9.59 Å². The van der Waals surface area contributed by atoms with Crippen molar-refractivity contribution in [2.75, 3.05) is 40.5 Å². The maximum Gasteiger partial charge on any atom is 0.407 e. The monoisotopic (exact) mass is 699 g/mol. The average Bonchev–Trinajstić information content (AvgIpc) is 3.91. The van der Waals surface area contributed by atoms with Crippen LogP contribution < -0.4 is 24.3 Å². The first-order valence-electron chi connectivity index (χ1n) is 15.7. The highest BCUT2D eigenvalue weighted by atomic mass is 35.5. The Morgan fingerprint density at radius 3 is 2.25 bits per heavy atom. The summed E-state index contributed by atoms with van der Waals surface area (Å²) in [7, 11) is 3.10. The lowest BCUT2D eigenvalue weighted by molar-refractivity contribution is -0.139. The minimum Gasteiger partial charge on any atom is -0.493 e. The van der Waals surface area contributed by atoms with E-state index in [0.717, 1.165) is 24.0 Å². The van der Waals surface area contributed by atoms with Crippen molar-refractivity contribution in [3.05, 3.63) is 81.3 Å². The molecule has 11 nitrogen and oxygen atoms in total. The zero-order valence-electron chi connectivity index (χ0n) is 27.0. The third kappa shape index (κ3) is 8.38. The van der Waals surface area contributed by atoms with Crippen molar-refractivity contribution in [2.24, 2.45) is 5.92 Å². The van der Waals surface area contributed by atoms with E-state index in [4.69, 9.17) is 42.1 Å². The first-order chi connectivity index (χ1) is 23.1. The maximum atomic E-state index is 14.2. The van der Waals surface area contributed by atoms with E-state index in [1.807, 2.05) is 19.1 Å². The van der Waals surface area contributed by atoms with Crippen LogP contribution in [-0.4, -0.2) is 85.4 Å². The van der Waals surface area contributed by atoms with Gasteiger partial charge in [0.15, 0.2) is 17.2 Å². The van der Waals surface area contributed by atoms with Crippen LogP contribution >= 0.6 is 23.2 Å². The number of halogens is 2. The predicted octanol–water partition coefficient (Wildman–Crippen LogP) is 6.07. The number of amides is 3. The highest BCUT2D eigenvalue weighted by molar-refractivity contribution is 6.37. The number of carboxylic acid groups (broad SMARTS) is 1. The van der Waals surface area contributed by atoms with Gasteiger partial charge in [0.25, 0.3) is 5.91 Å². The third-order valence-corrected chi connectivity index (χ3v) is 9.03. The lowest BCUT2D eigenvalue weighted by Crippen LogP contribution is -2.57. The number of benzene rings is 3. The Bertz CT molecular complexity index is 1610. The Hall–Kier alpha value is -4.35. The molecule has 2 atom stereocenters. The van der Waals surface area contributed by atoms with Gasteiger partial charge < -0.3 is 39.2 Å². The van der Waals surface area contributed by atoms with Gasteiger partial charge in [-0.15, -0.1) is 0 Å². The van der Waals surface area contributed by atoms with Crippen molar-refractivity contribution in [3.8, 4) is 23.0 Å². The number of hydrogen-bond acceptors (Lipinski definition) is 7. The lowest BCUT2D eigenvalue weighted by atomic mass is 9.90. The molecule has 3 aromatic carbocycles. The Morgan fingerprint density at radius 2 is 1.62 bits per heavy atom. The molecule has 2 unspecified atom stereocenters. The molecule has 0 bridgehead atoms. The van der Waals surface area contributed by atoms with Crippen molar-refractivity contribution in [3.63, 3.8) is 0 Å². The number of piperidine rings is 1. The third-order valence-electron chi connectivity index (χ3n) is 8.47. The van der Waals surface area contributed by atoms with Crippen molar-refractivity contribution in [1.29, 1.82) is 0 Å². The van der Waals surface area contributed by atoms with Gasteiger partial charge in [-0.1, -0.05) is 35.3 Å². The average molecular weight is 701 g/mol. The fourth-order valence-electron chi connectivity index (χ4n) is 5.88. The minimum absolute atomic E-state index is 0.0220. The smallest absolute Gasteiger partial charge is 0.407 e. The number of ether oxygens (including phenoxy) is 4. The zero-order chi connectivity index (χ0) is 34.4. The number of carbonyl (C=O) groups excluding carboxylic acids is 2. The van der Waals surface area contributed by atoms with Gasteiger partial charge in [0, 0.05) is 42.8 Å². The van der Waals surface area contributed by atoms with Crippen LogP contribution in [-0.2, 0) is 11.3 Å². The number of hydrogen-bond donors (Lipinski definition) is 2. The Labute approximate surface area is 289 Å². The molecule has 1 saturated carbocycles. The second kappa shape index (κ2) is 15.7. The summed E-state index contributed by atoms with van der Waals surface area (Å²) in [5.74, 6) is 0.677. The highest BCUT2D eigenvalue weighted by Crippen LogP contribution is 2.37. The molecule has 3 aromatic rings. The van der Waals surface area contributed by atoms with E-state index in [0.29, 0.717) is 45.0 Å². The normalized spacial score (nSPS) is 17.3. The summed E-state index contributed by atoms with van der Waals surface area (Å²) in [5.41, 5.74) is 2.08. The molecule has 48 heavy (non-hydrogen) atoms. The van der Waals surface area contributed by atoms with Gasteiger partial charge in [-0.05, 0) is 74.2 Å². The summed E-state index contributed by atoms with van der Waals surface area (Å²) < 4.78 is 22.5. The van der Waals surface area contributed by atoms with Crippen LogP contribution in [0.3, 0.4) is 0 Å². The number of nitrogens with one attached hydrogen (secondary N) is 1. The Balaban J connectivity index is 1.23. The number of rotatable bonds is 13. The molecule has 0 radical (unpaired) electrons. The molecule has 256 valence electrons. The van der Waals surface area contributed by atoms with Crippen molar-refractivity contribution < 1.29 is 38.4 Å². The highest BCUT2D eigenvalue weighted by Gasteiger charge is 2.43. The minimum atomic E-state index is -1.10. The van der Waals surface area contributed by atoms with Crippen LogP contribution in [0.2, 0.25) is 10.0 Å². The first kappa shape index (κ1) is 35.0. The molecule has 13 heteroatoms. The van der Waals surface area contributed by atoms with Gasteiger partial charge >= 0.3 is 6.09 Å². The summed E-state index contributed by atoms with van der Waals surface area (Å²) in [6.07, 6.45) is 0.888. The van der Waals surface area contributed by atoms with E-state index in [-0.39, 0.29) is 50.7 Å². The first-order valence-corrected chi connectivity index (χ1v) is 16.5. The van der Waals surface area contributed by atoms with E-state index in [1.165, 1.54) is 4.90 Å². The van der Waals surface area contributed by atoms with Crippen LogP contribution in [0, 0.1) is 12.8 Å². The molecule has 2 fully saturated rings. The number of nitrogens with zero attached hydrogens (tertiary/aromatic N) is 2. The number of para-hydroxylation sites is 1. The van der Waals surface area contributed by atoms with E-state index in [1.54, 1.807) is 61.6 Å². The van der Waals surface area contributed by atoms with Gasteiger partial charge in [-0.25, -0.2) is 4.79 Å². The van der Waals surface area contributed by atoms with Gasteiger partial charge in [0.05, 0.1) is 30.2 Å². The number of aryl methyl sites for hydroxylation is 1. The maximum absolute atomic E-state index is 14.2. The van der Waals surface area contributed by atoms with Crippen LogP contribution in [0.5, 0.6) is 23.0 Å². The van der Waals surface area contributed by atoms with Crippen LogP contribution in [0.25, 0.3) is 0 Å². The number of carbonyl (C=O) groups is 3. The zero-order valence-corrected chi connectivity index (χ0v) is 28.6. The Kier molecular flexibility index (Phi) is 11.4. The van der Waals surface area contributed by atoms with Gasteiger partial charge in [-0.2, -0.15) is 0 Å². The summed E-state index contributed by atoms with van der Waals surface area (Å²) in [6, 6.07) is 15.1. The summed E-state index contributed by atoms with van der Waals surface area (Å²) in [6.45, 7) is 2.76. The van der Waals surface area contributed by atoms with E-state index in [9.17, 15) is 19.5 Å². The number of likely N-dealkylation sites (tertiary alicyclic amines) is 1. The van der Waals surface area contributed by atoms with E-state index in [2.05, 4.69) is 5.32 Å². The molecule has 1 heterocycles. The second-order valence-corrected chi connectivity index (χ2v) is 12.6. The predicted molar refractivity (Wildman–Crippen MR) is 181 cm³/mol. The molecule has 2 aliphatic rings. The molecule has 1 saturated heterocycles. The molecule has 5 rings (SSSR count). The van der Waals surface area contributed by atoms with E-state index >= 15 is 0 Å². The second-order valence-electron chi connectivity index (χ2n) is 11.8. The molecule has 2 N–H and O–H groups in total. The molecule has 1 aliphatic carbocycles. The van der Waals surface area contributed by atoms with Crippen LogP contribution in [0.1, 0.15) is 40.7 Å². The van der Waals surface area contributed by atoms with Crippen molar-refractivity contribution in [1.82, 2.24) is 15.1 Å². The summed E-state index contributed by atoms with van der Waals surface area (Å²) >= 11 is 12.5. The quantitative estimate of drug-likeness (QED) is 0.206. The molecule has 0 spiro atoms. The molecule has 3 amide bonds. The molecule has 0 aromatic heterocycles. The summed E-state index contributed by atoms with van der Waals surface area (Å²) in [4.78, 5) is 42.5. The van der Waals surface area contributed by atoms with Crippen LogP contribution in [0.4, 0.5) is 4.79 Å². The SMILES string of the molecule is COc1cccc(CN(C(=O)C2CN(C(=O)O)CCC2NC(=O)c2ccc(OCCOc3c(Cl)cc(C)cc3Cl)cc2)C2CC2)c1OC. The fourth-order valence-corrected chi connectivity index (χ4v) is 6.58. The van der Waals surface area contributed by atoms with E-state index < -0.39 is 18.1 Å². The summed E-state index contributed by atoms with van der Waals surface area (Å²) in [5, 5.41) is 13.6. The number of methoxy groups -OCH3 is 2. The fraction of sp³-hybridized carbons (Fsp3) is 0.400. The molecular weight excluding hydrogens is 661 g/mol. The topological polar surface area (TPSA) is 127 Å². The van der Waals surface area contributed by atoms with Crippen molar-refractivity contribution >= 4 is 41.1 Å². The Morgan fingerprint density at radius 1 is 0.938 bits per heavy atom. The van der Waals surface area contributed by atoms with Gasteiger partial charge in [0.2, 0.25) is 5.91 Å². The standard InChI is InChI=1S/C35H39Cl2N3O8/c1-21-17-27(36)32(28(37)18-21)48-16-15-47-25-11-7-22(8-12-25)33(41)38-29-13-14-39(35(43)44)20-26(29)34(42)40(24-9-10-24)19-23-5-4-6-30(45-2)31(23)46-3/h4-8,11-12,17-18,24,26,29H,9-10,13-16,19-20H2,1-3H3,(H,38,41)(H,43,44). The lowest BCUT2D eigenvalue weighted by Gasteiger charge is -2.39. The van der Waals surface area contributed by atoms with Crippen molar-refractivity contribution in [2.45, 2.75) is 44.8 Å². The van der Waals surface area contributed by atoms with Gasteiger partial charge in [0.1, 0.15) is 19.0 Å².